The Hall–Kier alpha value is -3.86. The van der Waals surface area contributed by atoms with Gasteiger partial charge in [0.15, 0.2) is 0 Å². The molecule has 0 aromatic carbocycles. The van der Waals surface area contributed by atoms with Crippen LogP contribution in [0, 0.1) is 0 Å². The van der Waals surface area contributed by atoms with Gasteiger partial charge in [0.1, 0.15) is 17.7 Å². The van der Waals surface area contributed by atoms with Crippen LogP contribution in [0.2, 0.25) is 0 Å². The topological polar surface area (TPSA) is 167 Å². The van der Waals surface area contributed by atoms with E-state index in [1.165, 1.54) is 22.4 Å². The van der Waals surface area contributed by atoms with Crippen molar-refractivity contribution in [1.82, 2.24) is 60.4 Å². The zero-order valence-electron chi connectivity index (χ0n) is 31.1. The van der Waals surface area contributed by atoms with E-state index in [0.29, 0.717) is 45.1 Å². The number of amides is 6. The number of aromatic nitrogens is 4. The molecular weight excluding hydrogens is 652 g/mol. The summed E-state index contributed by atoms with van der Waals surface area (Å²) in [6.45, 7) is 5.01. The molecule has 0 unspecified atom stereocenters. The first kappa shape index (κ1) is 36.9. The van der Waals surface area contributed by atoms with Crippen LogP contribution in [0.25, 0.3) is 0 Å². The fraction of sp³-hybridized carbons (Fsp3) is 0.714. The second-order valence-corrected chi connectivity index (χ2v) is 15.2. The number of imide groups is 2. The Balaban J connectivity index is 1.15. The smallest absolute Gasteiger partial charge is 0.323 e. The molecule has 4 N–H and O–H groups in total. The first-order valence-electron chi connectivity index (χ1n) is 18.4. The van der Waals surface area contributed by atoms with Gasteiger partial charge in [0.05, 0.1) is 11.9 Å². The fourth-order valence-electron chi connectivity index (χ4n) is 8.69. The summed E-state index contributed by atoms with van der Waals surface area (Å²) in [7, 11) is 11.3. The van der Waals surface area contributed by atoms with Crippen LogP contribution in [0.3, 0.4) is 0 Å². The third kappa shape index (κ3) is 7.02. The summed E-state index contributed by atoms with van der Waals surface area (Å²) in [6, 6.07) is -0.642. The van der Waals surface area contributed by atoms with Gasteiger partial charge in [-0.3, -0.25) is 24.3 Å². The van der Waals surface area contributed by atoms with E-state index in [1.807, 2.05) is 26.5 Å². The maximum absolute atomic E-state index is 14.2. The lowest BCUT2D eigenvalue weighted by atomic mass is 9.74. The minimum absolute atomic E-state index is 0.0417. The predicted octanol–water partition coefficient (Wildman–Crippen LogP) is 1.43. The van der Waals surface area contributed by atoms with Crippen molar-refractivity contribution >= 4 is 23.9 Å². The number of rotatable bonds is 14. The molecule has 2 aliphatic carbocycles. The molecule has 4 fully saturated rings. The molecule has 0 bridgehead atoms. The van der Waals surface area contributed by atoms with Crippen molar-refractivity contribution in [3.05, 3.63) is 34.9 Å². The molecule has 51 heavy (non-hydrogen) atoms. The predicted molar refractivity (Wildman–Crippen MR) is 191 cm³/mol. The van der Waals surface area contributed by atoms with E-state index in [-0.39, 0.29) is 42.4 Å². The van der Waals surface area contributed by atoms with Crippen LogP contribution in [0.5, 0.6) is 0 Å². The molecule has 4 heterocycles. The van der Waals surface area contributed by atoms with Gasteiger partial charge in [-0.05, 0) is 79.6 Å². The van der Waals surface area contributed by atoms with Crippen molar-refractivity contribution in [1.29, 1.82) is 0 Å². The van der Waals surface area contributed by atoms with E-state index >= 15 is 0 Å². The first-order chi connectivity index (χ1) is 24.4. The third-order valence-corrected chi connectivity index (χ3v) is 11.9. The SMILES string of the molecule is CNCCN(C)Cc1cn(CN2C(=O)N(C)C3(CCC(c4[nH]ncc4CN(C)CCNC)CC3)C2=O)nc1C1CCC2(CC1)NC(=O)N(C)C2=O. The molecule has 16 nitrogen and oxygen atoms in total. The largest absolute Gasteiger partial charge is 0.328 e. The highest BCUT2D eigenvalue weighted by Gasteiger charge is 2.57. The normalized spacial score (nSPS) is 27.0. The number of likely N-dealkylation sites (N-methyl/N-ethyl adjacent to an activating group) is 6. The molecule has 2 aromatic heterocycles. The number of carbonyl (C=O) groups excluding carboxylic acids is 4. The Labute approximate surface area is 300 Å². The third-order valence-electron chi connectivity index (χ3n) is 11.9. The van der Waals surface area contributed by atoms with Crippen LogP contribution in [-0.4, -0.2) is 148 Å². The average Bonchev–Trinajstić information content (AvgIpc) is 3.84. The lowest BCUT2D eigenvalue weighted by molar-refractivity contribution is -0.136. The summed E-state index contributed by atoms with van der Waals surface area (Å²) < 4.78 is 1.74. The molecule has 280 valence electrons. The second kappa shape index (κ2) is 15.0. The number of nitrogens with one attached hydrogen (secondary N) is 4. The van der Waals surface area contributed by atoms with E-state index in [4.69, 9.17) is 5.10 Å². The van der Waals surface area contributed by atoms with Crippen molar-refractivity contribution in [2.75, 3.05) is 68.5 Å². The molecule has 2 aromatic rings. The van der Waals surface area contributed by atoms with Gasteiger partial charge >= 0.3 is 12.1 Å². The van der Waals surface area contributed by atoms with E-state index in [9.17, 15) is 19.2 Å². The highest BCUT2D eigenvalue weighted by atomic mass is 16.2. The Kier molecular flexibility index (Phi) is 10.9. The fourth-order valence-corrected chi connectivity index (χ4v) is 8.69. The monoisotopic (exact) mass is 708 g/mol. The number of urea groups is 2. The Bertz CT molecular complexity index is 1590. The van der Waals surface area contributed by atoms with Crippen molar-refractivity contribution < 1.29 is 19.2 Å². The minimum atomic E-state index is -0.868. The summed E-state index contributed by atoms with van der Waals surface area (Å²) in [6.07, 6.45) is 9.10. The molecule has 2 saturated heterocycles. The highest BCUT2D eigenvalue weighted by Crippen LogP contribution is 2.45. The van der Waals surface area contributed by atoms with E-state index in [2.05, 4.69) is 50.0 Å². The van der Waals surface area contributed by atoms with Crippen molar-refractivity contribution in [3.63, 3.8) is 0 Å². The average molecular weight is 709 g/mol. The number of hydrogen-bond donors (Lipinski definition) is 4. The van der Waals surface area contributed by atoms with Crippen LogP contribution < -0.4 is 16.0 Å². The number of aromatic amines is 1. The molecule has 6 rings (SSSR count). The Morgan fingerprint density at radius 3 is 2.06 bits per heavy atom. The van der Waals surface area contributed by atoms with E-state index in [0.717, 1.165) is 62.5 Å². The number of H-pyrrole nitrogens is 1. The second-order valence-electron chi connectivity index (χ2n) is 15.2. The summed E-state index contributed by atoms with van der Waals surface area (Å²) in [5.41, 5.74) is 2.58. The minimum Gasteiger partial charge on any atom is -0.323 e. The van der Waals surface area contributed by atoms with Crippen LogP contribution in [-0.2, 0) is 29.3 Å². The summed E-state index contributed by atoms with van der Waals surface area (Å²) >= 11 is 0. The first-order valence-corrected chi connectivity index (χ1v) is 18.4. The van der Waals surface area contributed by atoms with Gasteiger partial charge in [0, 0.05) is 88.2 Å². The zero-order valence-corrected chi connectivity index (χ0v) is 31.1. The summed E-state index contributed by atoms with van der Waals surface area (Å²) in [5, 5.41) is 22.0. The van der Waals surface area contributed by atoms with Gasteiger partial charge in [-0.1, -0.05) is 0 Å². The lowest BCUT2D eigenvalue weighted by Gasteiger charge is -2.39. The lowest BCUT2D eigenvalue weighted by Crippen LogP contribution is -2.50. The molecular formula is C35H56N12O4. The summed E-state index contributed by atoms with van der Waals surface area (Å²) in [5.74, 6) is 0.00794. The van der Waals surface area contributed by atoms with Crippen molar-refractivity contribution in [2.45, 2.75) is 94.0 Å². The highest BCUT2D eigenvalue weighted by molar-refractivity contribution is 6.07. The van der Waals surface area contributed by atoms with Crippen LogP contribution in [0.15, 0.2) is 12.4 Å². The molecule has 2 saturated carbocycles. The van der Waals surface area contributed by atoms with E-state index < -0.39 is 11.1 Å². The van der Waals surface area contributed by atoms with Crippen molar-refractivity contribution in [2.24, 2.45) is 0 Å². The quantitative estimate of drug-likeness (QED) is 0.211. The van der Waals surface area contributed by atoms with Gasteiger partial charge in [0.25, 0.3) is 11.8 Å². The van der Waals surface area contributed by atoms with E-state index in [1.54, 1.807) is 16.6 Å². The standard InChI is InChI=1S/C35H56N12O4/c1-36-15-17-42(3)20-26-19-38-40-28(26)24-9-13-35(14-10-24)31(49)47(33(51)45(35)6)23-46-22-27(21-43(4)18-16-37-2)29(41-46)25-7-11-34(12-8-25)30(48)44(5)32(50)39-34/h19,22,24-25,36-37H,7-18,20-21,23H2,1-6H3,(H,38,40)(H,39,50). The van der Waals surface area contributed by atoms with Gasteiger partial charge in [-0.25, -0.2) is 14.5 Å². The molecule has 16 heteroatoms. The summed E-state index contributed by atoms with van der Waals surface area (Å²) in [4.78, 5) is 61.9. The molecule has 0 atom stereocenters. The van der Waals surface area contributed by atoms with Crippen LogP contribution in [0.1, 0.15) is 85.7 Å². The Morgan fingerprint density at radius 2 is 1.47 bits per heavy atom. The maximum atomic E-state index is 14.2. The van der Waals surface area contributed by atoms with Gasteiger partial charge < -0.3 is 30.7 Å². The van der Waals surface area contributed by atoms with Crippen LogP contribution in [0.4, 0.5) is 9.59 Å². The van der Waals surface area contributed by atoms with Gasteiger partial charge in [0.2, 0.25) is 0 Å². The van der Waals surface area contributed by atoms with Crippen LogP contribution >= 0.6 is 0 Å². The molecule has 2 aliphatic heterocycles. The Morgan fingerprint density at radius 1 is 0.863 bits per heavy atom. The molecule has 0 radical (unpaired) electrons. The molecule has 6 amide bonds. The molecule has 2 spiro atoms. The zero-order chi connectivity index (χ0) is 36.5. The van der Waals surface area contributed by atoms with Gasteiger partial charge in [-0.2, -0.15) is 10.2 Å². The van der Waals surface area contributed by atoms with Gasteiger partial charge in [-0.15, -0.1) is 0 Å². The molecule has 4 aliphatic rings. The number of nitrogens with zero attached hydrogens (tertiary/aromatic N) is 8. The number of hydrogen-bond acceptors (Lipinski definition) is 10. The maximum Gasteiger partial charge on any atom is 0.328 e. The van der Waals surface area contributed by atoms with Crippen molar-refractivity contribution in [3.8, 4) is 0 Å². The number of carbonyl (C=O) groups is 4.